The van der Waals surface area contributed by atoms with Crippen molar-refractivity contribution in [1.29, 1.82) is 0 Å². The second-order valence-electron chi connectivity index (χ2n) is 4.39. The third-order valence-corrected chi connectivity index (χ3v) is 3.91. The zero-order valence-electron chi connectivity index (χ0n) is 9.63. The van der Waals surface area contributed by atoms with Crippen molar-refractivity contribution in [3.05, 3.63) is 33.0 Å². The van der Waals surface area contributed by atoms with Crippen LogP contribution in [0.4, 0.5) is 4.39 Å². The Balaban J connectivity index is 3.04. The van der Waals surface area contributed by atoms with Crippen LogP contribution in [-0.2, 0) is 11.0 Å². The summed E-state index contributed by atoms with van der Waals surface area (Å²) in [6.45, 7) is 5.39. The second kappa shape index (κ2) is 5.59. The van der Waals surface area contributed by atoms with E-state index in [9.17, 15) is 8.60 Å². The predicted molar refractivity (Wildman–Crippen MR) is 74.6 cm³/mol. The minimum absolute atomic E-state index is 0.00219. The van der Waals surface area contributed by atoms with E-state index in [-0.39, 0.29) is 10.6 Å². The van der Waals surface area contributed by atoms with Crippen molar-refractivity contribution in [2.24, 2.45) is 4.40 Å². The van der Waals surface area contributed by atoms with Gasteiger partial charge in [-0.3, -0.25) is 0 Å². The summed E-state index contributed by atoms with van der Waals surface area (Å²) >= 11 is 8.89. The molecule has 17 heavy (non-hydrogen) atoms. The van der Waals surface area contributed by atoms with Crippen LogP contribution in [-0.4, -0.2) is 15.2 Å². The van der Waals surface area contributed by atoms with Crippen LogP contribution in [0.1, 0.15) is 26.3 Å². The molecule has 1 rings (SSSR count). The molecule has 0 amide bonds. The van der Waals surface area contributed by atoms with E-state index in [0.717, 1.165) is 0 Å². The first-order chi connectivity index (χ1) is 7.71. The van der Waals surface area contributed by atoms with Gasteiger partial charge < -0.3 is 0 Å². The number of benzene rings is 1. The van der Waals surface area contributed by atoms with Crippen LogP contribution in [0.3, 0.4) is 0 Å². The summed E-state index contributed by atoms with van der Waals surface area (Å²) in [6, 6.07) is 2.99. The highest BCUT2D eigenvalue weighted by Crippen LogP contribution is 2.23. The van der Waals surface area contributed by atoms with Crippen LogP contribution in [0.2, 0.25) is 5.02 Å². The lowest BCUT2D eigenvalue weighted by Gasteiger charge is -2.12. The molecule has 0 aliphatic rings. The number of nitrogens with zero attached hydrogens (tertiary/aromatic N) is 1. The summed E-state index contributed by atoms with van der Waals surface area (Å²) in [4.78, 5) is 0. The smallest absolute Gasteiger partial charge is 0.150 e. The van der Waals surface area contributed by atoms with Crippen molar-refractivity contribution < 1.29 is 8.60 Å². The average Bonchev–Trinajstić information content (AvgIpc) is 2.19. The van der Waals surface area contributed by atoms with E-state index < -0.39 is 21.5 Å². The standard InChI is InChI=1S/C11H12BrClFNOS/c1-11(2,3)17(16)15-6-7-4-8(12)5-9(13)10(7)14/h4-6H,1-3H3/t17-/m1/s1. The van der Waals surface area contributed by atoms with Crippen molar-refractivity contribution in [3.63, 3.8) is 0 Å². The molecule has 0 saturated carbocycles. The van der Waals surface area contributed by atoms with Gasteiger partial charge in [-0.25, -0.2) is 8.60 Å². The molecule has 0 N–H and O–H groups in total. The minimum Gasteiger partial charge on any atom is -0.234 e. The molecule has 0 heterocycles. The van der Waals surface area contributed by atoms with Gasteiger partial charge >= 0.3 is 0 Å². The van der Waals surface area contributed by atoms with Gasteiger partial charge in [-0.05, 0) is 32.9 Å². The topological polar surface area (TPSA) is 29.4 Å². The summed E-state index contributed by atoms with van der Waals surface area (Å²) in [5.74, 6) is -0.565. The van der Waals surface area contributed by atoms with Crippen LogP contribution < -0.4 is 0 Å². The van der Waals surface area contributed by atoms with E-state index >= 15 is 0 Å². The molecule has 0 aliphatic carbocycles. The summed E-state index contributed by atoms with van der Waals surface area (Å²) in [5.41, 5.74) is 0.210. The molecule has 0 unspecified atom stereocenters. The highest BCUT2D eigenvalue weighted by Gasteiger charge is 2.18. The van der Waals surface area contributed by atoms with Crippen molar-refractivity contribution in [3.8, 4) is 0 Å². The molecule has 0 aliphatic heterocycles. The van der Waals surface area contributed by atoms with E-state index in [1.165, 1.54) is 18.3 Å². The van der Waals surface area contributed by atoms with Crippen molar-refractivity contribution >= 4 is 44.7 Å². The Kier molecular flexibility index (Phi) is 4.86. The molecule has 0 spiro atoms. The van der Waals surface area contributed by atoms with Crippen molar-refractivity contribution in [2.75, 3.05) is 0 Å². The first kappa shape index (κ1) is 14.8. The zero-order valence-corrected chi connectivity index (χ0v) is 12.8. The summed E-state index contributed by atoms with van der Waals surface area (Å²) in [6.07, 6.45) is 1.24. The lowest BCUT2D eigenvalue weighted by molar-refractivity contribution is 0.626. The highest BCUT2D eigenvalue weighted by molar-refractivity contribution is 9.10. The van der Waals surface area contributed by atoms with Gasteiger partial charge in [-0.1, -0.05) is 27.5 Å². The molecule has 0 fully saturated rings. The predicted octanol–water partition coefficient (Wildman–Crippen LogP) is 4.12. The maximum Gasteiger partial charge on any atom is 0.150 e. The SMILES string of the molecule is CC(C)(C)[S@@](=O)N=Cc1cc(Br)cc(Cl)c1F. The van der Waals surface area contributed by atoms with Gasteiger partial charge in [0.1, 0.15) is 11.0 Å². The number of hydrogen-bond donors (Lipinski definition) is 0. The fraction of sp³-hybridized carbons (Fsp3) is 0.364. The van der Waals surface area contributed by atoms with E-state index in [1.54, 1.807) is 20.8 Å². The van der Waals surface area contributed by atoms with Gasteiger partial charge in [-0.2, -0.15) is 4.40 Å². The normalized spacial score (nSPS) is 14.2. The van der Waals surface area contributed by atoms with Crippen LogP contribution in [0.25, 0.3) is 0 Å². The molecule has 1 atom stereocenters. The summed E-state index contributed by atoms with van der Waals surface area (Å²) < 4.78 is 29.3. The number of hydrogen-bond acceptors (Lipinski definition) is 1. The zero-order chi connectivity index (χ0) is 13.2. The quantitative estimate of drug-likeness (QED) is 0.588. The van der Waals surface area contributed by atoms with E-state index in [2.05, 4.69) is 20.3 Å². The first-order valence-electron chi connectivity index (χ1n) is 4.82. The number of rotatable bonds is 2. The molecule has 0 aromatic heterocycles. The van der Waals surface area contributed by atoms with Gasteiger partial charge in [0.05, 0.1) is 9.77 Å². The van der Waals surface area contributed by atoms with E-state index in [4.69, 9.17) is 11.6 Å². The molecule has 1 aromatic rings. The maximum absolute atomic E-state index is 13.6. The number of halogens is 3. The van der Waals surface area contributed by atoms with E-state index in [0.29, 0.717) is 4.47 Å². The fourth-order valence-electron chi connectivity index (χ4n) is 0.933. The fourth-order valence-corrected chi connectivity index (χ4v) is 2.29. The Labute approximate surface area is 116 Å². The Morgan fingerprint density at radius 1 is 1.47 bits per heavy atom. The Hall–Kier alpha value is -0.260. The van der Waals surface area contributed by atoms with Gasteiger partial charge in [0.15, 0.2) is 5.82 Å². The van der Waals surface area contributed by atoms with Gasteiger partial charge in [0, 0.05) is 16.3 Å². The summed E-state index contributed by atoms with van der Waals surface area (Å²) in [5, 5.41) is 0.00219. The lowest BCUT2D eigenvalue weighted by Crippen LogP contribution is -2.19. The average molecular weight is 341 g/mol. The Morgan fingerprint density at radius 2 is 2.06 bits per heavy atom. The third-order valence-electron chi connectivity index (χ3n) is 1.83. The molecule has 2 nitrogen and oxygen atoms in total. The highest BCUT2D eigenvalue weighted by atomic mass is 79.9. The van der Waals surface area contributed by atoms with Gasteiger partial charge in [-0.15, -0.1) is 0 Å². The van der Waals surface area contributed by atoms with Crippen molar-refractivity contribution in [1.82, 2.24) is 0 Å². The van der Waals surface area contributed by atoms with Gasteiger partial charge in [0.25, 0.3) is 0 Å². The Bertz CT molecular complexity index is 485. The lowest BCUT2D eigenvalue weighted by atomic mass is 10.2. The maximum atomic E-state index is 13.6. The molecule has 94 valence electrons. The Morgan fingerprint density at radius 3 is 2.59 bits per heavy atom. The minimum atomic E-state index is -1.41. The molecule has 0 radical (unpaired) electrons. The second-order valence-corrected chi connectivity index (χ2v) is 7.64. The third kappa shape index (κ3) is 4.16. The largest absolute Gasteiger partial charge is 0.234 e. The molecular weight excluding hydrogens is 329 g/mol. The molecule has 1 aromatic carbocycles. The first-order valence-corrected chi connectivity index (χ1v) is 7.10. The van der Waals surface area contributed by atoms with Crippen LogP contribution in [0.15, 0.2) is 21.0 Å². The van der Waals surface area contributed by atoms with Crippen LogP contribution in [0.5, 0.6) is 0 Å². The van der Waals surface area contributed by atoms with Crippen LogP contribution in [0, 0.1) is 5.82 Å². The van der Waals surface area contributed by atoms with Crippen LogP contribution >= 0.6 is 27.5 Å². The van der Waals surface area contributed by atoms with Gasteiger partial charge in [0.2, 0.25) is 0 Å². The van der Waals surface area contributed by atoms with E-state index in [1.807, 2.05) is 0 Å². The molecule has 6 heteroatoms. The molecule has 0 saturated heterocycles. The van der Waals surface area contributed by atoms with Crippen molar-refractivity contribution in [2.45, 2.75) is 25.5 Å². The molecular formula is C11H12BrClFNOS. The monoisotopic (exact) mass is 339 g/mol. The summed E-state index contributed by atoms with van der Waals surface area (Å²) in [7, 11) is -1.41. The molecule has 0 bridgehead atoms.